The van der Waals surface area contributed by atoms with E-state index in [4.69, 9.17) is 5.73 Å². The van der Waals surface area contributed by atoms with Crippen molar-refractivity contribution in [2.75, 3.05) is 0 Å². The van der Waals surface area contributed by atoms with E-state index >= 15 is 0 Å². The van der Waals surface area contributed by atoms with Crippen LogP contribution in [0.4, 0.5) is 0 Å². The van der Waals surface area contributed by atoms with Gasteiger partial charge in [-0.25, -0.2) is 0 Å². The molecule has 0 spiro atoms. The third kappa shape index (κ3) is 5.23. The molecule has 0 radical (unpaired) electrons. The second kappa shape index (κ2) is 8.29. The molecule has 0 aromatic heterocycles. The van der Waals surface area contributed by atoms with Gasteiger partial charge in [0.05, 0.1) is 0 Å². The van der Waals surface area contributed by atoms with Crippen molar-refractivity contribution in [1.82, 2.24) is 5.32 Å². The van der Waals surface area contributed by atoms with Gasteiger partial charge in [-0.2, -0.15) is 0 Å². The van der Waals surface area contributed by atoms with Crippen molar-refractivity contribution >= 4 is 11.8 Å². The molecule has 126 valence electrons. The van der Waals surface area contributed by atoms with Crippen LogP contribution >= 0.6 is 0 Å². The van der Waals surface area contributed by atoms with Crippen molar-refractivity contribution in [2.45, 2.75) is 39.2 Å². The Morgan fingerprint density at radius 2 is 1.71 bits per heavy atom. The number of amides is 2. The zero-order valence-electron chi connectivity index (χ0n) is 14.2. The molecule has 0 saturated carbocycles. The van der Waals surface area contributed by atoms with E-state index in [1.165, 1.54) is 11.1 Å². The minimum Gasteiger partial charge on any atom is -0.370 e. The predicted octanol–water partition coefficient (Wildman–Crippen LogP) is 3.36. The Labute approximate surface area is 143 Å². The van der Waals surface area contributed by atoms with E-state index < -0.39 is 5.91 Å². The van der Waals surface area contributed by atoms with E-state index in [2.05, 4.69) is 55.6 Å². The number of hydrogen-bond donors (Lipinski definition) is 2. The summed E-state index contributed by atoms with van der Waals surface area (Å²) in [5, 5.41) is 2.79. The summed E-state index contributed by atoms with van der Waals surface area (Å²) in [7, 11) is 0. The third-order valence-electron chi connectivity index (χ3n) is 3.93. The molecule has 0 bridgehead atoms. The highest BCUT2D eigenvalue weighted by Gasteiger charge is 2.05. The van der Waals surface area contributed by atoms with Gasteiger partial charge >= 0.3 is 0 Å². The maximum absolute atomic E-state index is 11.6. The molecule has 2 rings (SSSR count). The fourth-order valence-corrected chi connectivity index (χ4v) is 2.42. The number of carbonyl (C=O) groups excluding carboxylic acids is 2. The van der Waals surface area contributed by atoms with Gasteiger partial charge in [0.2, 0.25) is 11.8 Å². The average Bonchev–Trinajstić information content (AvgIpc) is 2.58. The van der Waals surface area contributed by atoms with E-state index in [9.17, 15) is 9.59 Å². The molecule has 2 aromatic rings. The van der Waals surface area contributed by atoms with Crippen LogP contribution in [-0.2, 0) is 16.1 Å². The summed E-state index contributed by atoms with van der Waals surface area (Å²) in [5.41, 5.74) is 9.71. The molecule has 0 aliphatic rings. The second-order valence-electron chi connectivity index (χ2n) is 6.22. The van der Waals surface area contributed by atoms with Gasteiger partial charge in [-0.1, -0.05) is 62.4 Å². The molecular weight excluding hydrogens is 300 g/mol. The van der Waals surface area contributed by atoms with Gasteiger partial charge in [0, 0.05) is 19.4 Å². The van der Waals surface area contributed by atoms with Gasteiger partial charge in [-0.05, 0) is 28.2 Å². The SMILES string of the molecule is CC(C)c1cccc(-c2ccc(CNC(=O)CCC(N)=O)cc2)c1. The van der Waals surface area contributed by atoms with Crippen molar-refractivity contribution in [3.05, 3.63) is 59.7 Å². The number of nitrogens with one attached hydrogen (secondary N) is 1. The summed E-state index contributed by atoms with van der Waals surface area (Å²) < 4.78 is 0. The Balaban J connectivity index is 1.97. The van der Waals surface area contributed by atoms with Crippen molar-refractivity contribution in [3.63, 3.8) is 0 Å². The maximum Gasteiger partial charge on any atom is 0.220 e. The minimum absolute atomic E-state index is 0.0803. The van der Waals surface area contributed by atoms with Gasteiger partial charge < -0.3 is 11.1 Å². The van der Waals surface area contributed by atoms with Crippen molar-refractivity contribution in [1.29, 1.82) is 0 Å². The zero-order chi connectivity index (χ0) is 17.5. The molecule has 0 aliphatic heterocycles. The summed E-state index contributed by atoms with van der Waals surface area (Å²) in [6, 6.07) is 16.7. The summed E-state index contributed by atoms with van der Waals surface area (Å²) in [4.78, 5) is 22.2. The first kappa shape index (κ1) is 17.7. The maximum atomic E-state index is 11.6. The number of primary amides is 1. The van der Waals surface area contributed by atoms with Crippen LogP contribution in [0.1, 0.15) is 43.7 Å². The van der Waals surface area contributed by atoms with Crippen LogP contribution in [0.2, 0.25) is 0 Å². The van der Waals surface area contributed by atoms with E-state index in [-0.39, 0.29) is 18.7 Å². The second-order valence-corrected chi connectivity index (χ2v) is 6.22. The Morgan fingerprint density at radius 1 is 1.00 bits per heavy atom. The topological polar surface area (TPSA) is 72.2 Å². The average molecular weight is 324 g/mol. The van der Waals surface area contributed by atoms with Crippen LogP contribution in [-0.4, -0.2) is 11.8 Å². The highest BCUT2D eigenvalue weighted by molar-refractivity contribution is 5.82. The summed E-state index contributed by atoms with van der Waals surface area (Å²) in [5.74, 6) is -0.125. The molecule has 4 heteroatoms. The van der Waals surface area contributed by atoms with Crippen LogP contribution in [0.3, 0.4) is 0 Å². The Bertz CT molecular complexity index is 706. The fourth-order valence-electron chi connectivity index (χ4n) is 2.42. The molecular formula is C20H24N2O2. The normalized spacial score (nSPS) is 10.6. The van der Waals surface area contributed by atoms with Crippen LogP contribution in [0.25, 0.3) is 11.1 Å². The number of nitrogens with two attached hydrogens (primary N) is 1. The Hall–Kier alpha value is -2.62. The van der Waals surface area contributed by atoms with Crippen molar-refractivity contribution in [2.24, 2.45) is 5.73 Å². The minimum atomic E-state index is -0.460. The molecule has 2 aromatic carbocycles. The molecule has 0 fully saturated rings. The standard InChI is InChI=1S/C20H24N2O2/c1-14(2)17-4-3-5-18(12-17)16-8-6-15(7-9-16)13-22-20(24)11-10-19(21)23/h3-9,12,14H,10-11,13H2,1-2H3,(H2,21,23)(H,22,24). The van der Waals surface area contributed by atoms with Gasteiger partial charge in [-0.3, -0.25) is 9.59 Å². The Kier molecular flexibility index (Phi) is 6.13. The lowest BCUT2D eigenvalue weighted by molar-refractivity contribution is -0.125. The predicted molar refractivity (Wildman–Crippen MR) is 96.2 cm³/mol. The lowest BCUT2D eigenvalue weighted by atomic mass is 9.97. The monoisotopic (exact) mass is 324 g/mol. The molecule has 0 atom stereocenters. The number of benzene rings is 2. The lowest BCUT2D eigenvalue weighted by Gasteiger charge is -2.09. The quantitative estimate of drug-likeness (QED) is 0.819. The van der Waals surface area contributed by atoms with Crippen molar-refractivity contribution in [3.8, 4) is 11.1 Å². The summed E-state index contributed by atoms with van der Waals surface area (Å²) in [6.07, 6.45) is 0.215. The van der Waals surface area contributed by atoms with Gasteiger partial charge in [0.1, 0.15) is 0 Å². The fraction of sp³-hybridized carbons (Fsp3) is 0.300. The first-order valence-electron chi connectivity index (χ1n) is 8.20. The third-order valence-corrected chi connectivity index (χ3v) is 3.93. The molecule has 0 aliphatic carbocycles. The number of hydrogen-bond acceptors (Lipinski definition) is 2. The molecule has 0 unspecified atom stereocenters. The first-order chi connectivity index (χ1) is 11.5. The van der Waals surface area contributed by atoms with Crippen LogP contribution < -0.4 is 11.1 Å². The van der Waals surface area contributed by atoms with Gasteiger partial charge in [0.15, 0.2) is 0 Å². The lowest BCUT2D eigenvalue weighted by Crippen LogP contribution is -2.24. The molecule has 0 heterocycles. The first-order valence-corrected chi connectivity index (χ1v) is 8.20. The summed E-state index contributed by atoms with van der Waals surface area (Å²) in [6.45, 7) is 4.82. The van der Waals surface area contributed by atoms with E-state index in [1.54, 1.807) is 0 Å². The number of carbonyl (C=O) groups is 2. The van der Waals surface area contributed by atoms with Gasteiger partial charge in [0.25, 0.3) is 0 Å². The summed E-state index contributed by atoms with van der Waals surface area (Å²) >= 11 is 0. The van der Waals surface area contributed by atoms with E-state index in [1.807, 2.05) is 12.1 Å². The Morgan fingerprint density at radius 3 is 2.33 bits per heavy atom. The van der Waals surface area contributed by atoms with E-state index in [0.717, 1.165) is 11.1 Å². The van der Waals surface area contributed by atoms with Crippen LogP contribution in [0.5, 0.6) is 0 Å². The molecule has 0 saturated heterocycles. The van der Waals surface area contributed by atoms with Crippen molar-refractivity contribution < 1.29 is 9.59 Å². The molecule has 3 N–H and O–H groups in total. The highest BCUT2D eigenvalue weighted by atomic mass is 16.2. The number of rotatable bonds is 7. The smallest absolute Gasteiger partial charge is 0.220 e. The van der Waals surface area contributed by atoms with Gasteiger partial charge in [-0.15, -0.1) is 0 Å². The highest BCUT2D eigenvalue weighted by Crippen LogP contribution is 2.24. The van der Waals surface area contributed by atoms with E-state index in [0.29, 0.717) is 12.5 Å². The molecule has 2 amide bonds. The molecule has 4 nitrogen and oxygen atoms in total. The van der Waals surface area contributed by atoms with Crippen LogP contribution in [0, 0.1) is 0 Å². The molecule has 24 heavy (non-hydrogen) atoms. The largest absolute Gasteiger partial charge is 0.370 e. The zero-order valence-corrected chi connectivity index (χ0v) is 14.2. The van der Waals surface area contributed by atoms with Crippen LogP contribution in [0.15, 0.2) is 48.5 Å².